The molecule has 0 spiro atoms. The molecule has 2 aromatic carbocycles. The first-order chi connectivity index (χ1) is 12.9. The first-order valence-electron chi connectivity index (χ1n) is 8.10. The van der Waals surface area contributed by atoms with Gasteiger partial charge in [0.05, 0.1) is 7.11 Å². The fraction of sp³-hybridized carbons (Fsp3) is 0.211. The highest BCUT2D eigenvalue weighted by molar-refractivity contribution is 5.96. The van der Waals surface area contributed by atoms with Crippen LogP contribution < -0.4 is 10.6 Å². The number of amides is 3. The van der Waals surface area contributed by atoms with Crippen LogP contribution in [0.4, 0.5) is 14.9 Å². The number of rotatable bonds is 6. The molecular weight excluding hydrogens is 353 g/mol. The van der Waals surface area contributed by atoms with Crippen LogP contribution >= 0.6 is 0 Å². The van der Waals surface area contributed by atoms with Gasteiger partial charge < -0.3 is 20.3 Å². The predicted octanol–water partition coefficient (Wildman–Crippen LogP) is 2.39. The van der Waals surface area contributed by atoms with Crippen molar-refractivity contribution in [3.63, 3.8) is 0 Å². The van der Waals surface area contributed by atoms with Crippen molar-refractivity contribution in [1.29, 1.82) is 0 Å². The van der Waals surface area contributed by atoms with E-state index in [0.29, 0.717) is 17.8 Å². The second-order valence-electron chi connectivity index (χ2n) is 5.75. The molecule has 0 fully saturated rings. The average Bonchev–Trinajstić information content (AvgIpc) is 2.68. The Labute approximate surface area is 156 Å². The molecule has 8 heteroatoms. The van der Waals surface area contributed by atoms with Gasteiger partial charge in [-0.3, -0.25) is 9.59 Å². The summed E-state index contributed by atoms with van der Waals surface area (Å²) in [5.41, 5.74) is 1.65. The minimum absolute atomic E-state index is 0.220. The summed E-state index contributed by atoms with van der Waals surface area (Å²) >= 11 is 0. The summed E-state index contributed by atoms with van der Waals surface area (Å²) < 4.78 is 17.4. The third-order valence-electron chi connectivity index (χ3n) is 3.70. The number of methoxy groups -OCH3 is 1. The van der Waals surface area contributed by atoms with Gasteiger partial charge in [-0.1, -0.05) is 12.1 Å². The van der Waals surface area contributed by atoms with Gasteiger partial charge in [0.2, 0.25) is 0 Å². The molecule has 2 aromatic rings. The molecule has 27 heavy (non-hydrogen) atoms. The molecule has 0 aliphatic heterocycles. The highest BCUT2D eigenvalue weighted by Crippen LogP contribution is 2.12. The summed E-state index contributed by atoms with van der Waals surface area (Å²) in [6.45, 7) is 0.0993. The van der Waals surface area contributed by atoms with Crippen molar-refractivity contribution in [2.45, 2.75) is 6.54 Å². The van der Waals surface area contributed by atoms with Crippen LogP contribution in [0.5, 0.6) is 0 Å². The molecule has 2 N–H and O–H groups in total. The van der Waals surface area contributed by atoms with Crippen molar-refractivity contribution >= 4 is 23.6 Å². The maximum Gasteiger partial charge on any atom is 0.325 e. The normalized spacial score (nSPS) is 10.0. The number of nitrogens with one attached hydrogen (secondary N) is 2. The maximum atomic E-state index is 12.9. The second-order valence-corrected chi connectivity index (χ2v) is 5.75. The van der Waals surface area contributed by atoms with E-state index in [9.17, 15) is 18.8 Å². The number of hydrogen-bond acceptors (Lipinski definition) is 4. The van der Waals surface area contributed by atoms with Gasteiger partial charge in [0.15, 0.2) is 0 Å². The smallest absolute Gasteiger partial charge is 0.325 e. The van der Waals surface area contributed by atoms with Crippen LogP contribution in [0.2, 0.25) is 0 Å². The highest BCUT2D eigenvalue weighted by atomic mass is 19.1. The fourth-order valence-electron chi connectivity index (χ4n) is 2.19. The van der Waals surface area contributed by atoms with Crippen molar-refractivity contribution in [3.8, 4) is 0 Å². The minimum atomic E-state index is -0.545. The topological polar surface area (TPSA) is 87.7 Å². The molecule has 0 bridgehead atoms. The Balaban J connectivity index is 1.89. The zero-order chi connectivity index (χ0) is 19.8. The number of ether oxygens (including phenoxy) is 1. The molecule has 3 amide bonds. The zero-order valence-electron chi connectivity index (χ0n) is 15.0. The molecule has 142 valence electrons. The van der Waals surface area contributed by atoms with Crippen molar-refractivity contribution in [1.82, 2.24) is 10.2 Å². The Morgan fingerprint density at radius 3 is 2.26 bits per heavy atom. The van der Waals surface area contributed by atoms with Crippen molar-refractivity contribution in [3.05, 3.63) is 65.5 Å². The second kappa shape index (κ2) is 9.33. The molecule has 0 saturated carbocycles. The third-order valence-corrected chi connectivity index (χ3v) is 3.70. The Morgan fingerprint density at radius 2 is 1.67 bits per heavy atom. The minimum Gasteiger partial charge on any atom is -0.468 e. The molecule has 0 radical (unpaired) electrons. The Kier molecular flexibility index (Phi) is 6.87. The molecule has 2 rings (SSSR count). The fourth-order valence-corrected chi connectivity index (χ4v) is 2.19. The van der Waals surface area contributed by atoms with E-state index in [4.69, 9.17) is 0 Å². The van der Waals surface area contributed by atoms with Crippen LogP contribution in [0.15, 0.2) is 48.5 Å². The lowest BCUT2D eigenvalue weighted by molar-refractivity contribution is -0.139. The molecule has 7 nitrogen and oxygen atoms in total. The molecular formula is C19H20FN3O4. The summed E-state index contributed by atoms with van der Waals surface area (Å²) in [5.74, 6) is -1.30. The van der Waals surface area contributed by atoms with Crippen LogP contribution in [-0.4, -0.2) is 43.5 Å². The molecule has 0 aromatic heterocycles. The summed E-state index contributed by atoms with van der Waals surface area (Å²) in [5, 5.41) is 5.13. The van der Waals surface area contributed by atoms with E-state index in [1.807, 2.05) is 0 Å². The van der Waals surface area contributed by atoms with E-state index in [1.54, 1.807) is 31.3 Å². The highest BCUT2D eigenvalue weighted by Gasteiger charge is 2.11. The molecule has 0 unspecified atom stereocenters. The maximum absolute atomic E-state index is 12.9. The summed E-state index contributed by atoms with van der Waals surface area (Å²) in [6, 6.07) is 11.8. The lowest BCUT2D eigenvalue weighted by atomic mass is 10.2. The molecule has 0 heterocycles. The number of esters is 1. The standard InChI is InChI=1S/C19H20FN3O4/c1-23(12-13-3-7-15(20)8-4-13)19(26)22-16-9-5-14(6-10-16)18(25)21-11-17(24)27-2/h3-10H,11-12H2,1-2H3,(H,21,25)(H,22,26). The van der Waals surface area contributed by atoms with Crippen LogP contribution in [-0.2, 0) is 16.1 Å². The van der Waals surface area contributed by atoms with Crippen LogP contribution in [0.25, 0.3) is 0 Å². The number of benzene rings is 2. The van der Waals surface area contributed by atoms with Gasteiger partial charge in [0, 0.05) is 24.8 Å². The number of urea groups is 1. The van der Waals surface area contributed by atoms with E-state index in [2.05, 4.69) is 15.4 Å². The largest absolute Gasteiger partial charge is 0.468 e. The number of anilines is 1. The quantitative estimate of drug-likeness (QED) is 0.761. The summed E-state index contributed by atoms with van der Waals surface area (Å²) in [7, 11) is 2.85. The molecule has 0 aliphatic carbocycles. The van der Waals surface area contributed by atoms with E-state index in [0.717, 1.165) is 5.56 Å². The van der Waals surface area contributed by atoms with Gasteiger partial charge in [-0.15, -0.1) is 0 Å². The summed E-state index contributed by atoms with van der Waals surface area (Å²) in [6.07, 6.45) is 0. The van der Waals surface area contributed by atoms with Crippen LogP contribution in [0.1, 0.15) is 15.9 Å². The van der Waals surface area contributed by atoms with E-state index >= 15 is 0 Å². The number of nitrogens with zero attached hydrogens (tertiary/aromatic N) is 1. The van der Waals surface area contributed by atoms with Gasteiger partial charge in [-0.25, -0.2) is 9.18 Å². The van der Waals surface area contributed by atoms with Crippen LogP contribution in [0, 0.1) is 5.82 Å². The van der Waals surface area contributed by atoms with Gasteiger partial charge in [-0.2, -0.15) is 0 Å². The third kappa shape index (κ3) is 6.10. The van der Waals surface area contributed by atoms with Crippen molar-refractivity contribution < 1.29 is 23.5 Å². The number of hydrogen-bond donors (Lipinski definition) is 2. The number of carbonyl (C=O) groups excluding carboxylic acids is 3. The van der Waals surface area contributed by atoms with E-state index in [1.165, 1.54) is 36.3 Å². The van der Waals surface area contributed by atoms with Crippen molar-refractivity contribution in [2.24, 2.45) is 0 Å². The lowest BCUT2D eigenvalue weighted by Crippen LogP contribution is -2.31. The lowest BCUT2D eigenvalue weighted by Gasteiger charge is -2.18. The Hall–Kier alpha value is -3.42. The van der Waals surface area contributed by atoms with E-state index < -0.39 is 11.9 Å². The zero-order valence-corrected chi connectivity index (χ0v) is 15.0. The monoisotopic (exact) mass is 373 g/mol. The van der Waals surface area contributed by atoms with Gasteiger partial charge in [0.25, 0.3) is 5.91 Å². The Morgan fingerprint density at radius 1 is 1.04 bits per heavy atom. The molecule has 0 aliphatic rings. The Bertz CT molecular complexity index is 807. The first-order valence-corrected chi connectivity index (χ1v) is 8.10. The molecule has 0 saturated heterocycles. The first kappa shape index (κ1) is 19.9. The van der Waals surface area contributed by atoms with Crippen molar-refractivity contribution in [2.75, 3.05) is 26.0 Å². The molecule has 0 atom stereocenters. The number of carbonyl (C=O) groups is 3. The van der Waals surface area contributed by atoms with Gasteiger partial charge >= 0.3 is 12.0 Å². The summed E-state index contributed by atoms with van der Waals surface area (Å²) in [4.78, 5) is 36.6. The van der Waals surface area contributed by atoms with Gasteiger partial charge in [0.1, 0.15) is 12.4 Å². The number of halogens is 1. The van der Waals surface area contributed by atoms with E-state index in [-0.39, 0.29) is 18.4 Å². The van der Waals surface area contributed by atoms with Crippen LogP contribution in [0.3, 0.4) is 0 Å². The average molecular weight is 373 g/mol. The van der Waals surface area contributed by atoms with Gasteiger partial charge in [-0.05, 0) is 42.0 Å². The SMILES string of the molecule is COC(=O)CNC(=O)c1ccc(NC(=O)N(C)Cc2ccc(F)cc2)cc1. The predicted molar refractivity (Wildman–Crippen MR) is 97.7 cm³/mol.